The van der Waals surface area contributed by atoms with Crippen LogP contribution in [0, 0.1) is 5.92 Å². The van der Waals surface area contributed by atoms with Crippen molar-refractivity contribution in [2.24, 2.45) is 5.92 Å². The maximum Gasteiger partial charge on any atom is 0.0542 e. The molecule has 0 aliphatic carbocycles. The molecule has 90 valence electrons. The molecule has 1 heterocycles. The predicted octanol–water partition coefficient (Wildman–Crippen LogP) is 2.34. The zero-order valence-electron chi connectivity index (χ0n) is 9.78. The third-order valence-electron chi connectivity index (χ3n) is 2.58. The fourth-order valence-electron chi connectivity index (χ4n) is 1.56. The minimum Gasteiger partial charge on any atom is -0.396 e. The van der Waals surface area contributed by atoms with Gasteiger partial charge >= 0.3 is 0 Å². The number of rotatable bonds is 6. The van der Waals surface area contributed by atoms with E-state index in [1.807, 2.05) is 12.1 Å². The van der Waals surface area contributed by atoms with E-state index in [0.29, 0.717) is 12.0 Å². The van der Waals surface area contributed by atoms with Crippen molar-refractivity contribution in [3.63, 3.8) is 0 Å². The van der Waals surface area contributed by atoms with E-state index in [4.69, 9.17) is 5.11 Å². The first-order valence-corrected chi connectivity index (χ1v) is 6.37. The molecule has 0 radical (unpaired) electrons. The minimum atomic E-state index is 0.226. The van der Waals surface area contributed by atoms with Crippen molar-refractivity contribution in [2.45, 2.75) is 32.9 Å². The highest BCUT2D eigenvalue weighted by Gasteiger charge is 2.11. The van der Waals surface area contributed by atoms with Gasteiger partial charge in [0, 0.05) is 29.9 Å². The summed E-state index contributed by atoms with van der Waals surface area (Å²) in [6.45, 7) is 5.28. The Bertz CT molecular complexity index is 300. The maximum atomic E-state index is 8.96. The van der Waals surface area contributed by atoms with Gasteiger partial charge < -0.3 is 10.4 Å². The fraction of sp³-hybridized carbons (Fsp3) is 0.583. The highest BCUT2D eigenvalue weighted by molar-refractivity contribution is 9.10. The van der Waals surface area contributed by atoms with Crippen molar-refractivity contribution in [1.29, 1.82) is 0 Å². The average Bonchev–Trinajstić information content (AvgIpc) is 2.26. The quantitative estimate of drug-likeness (QED) is 0.844. The van der Waals surface area contributed by atoms with Crippen LogP contribution in [0.5, 0.6) is 0 Å². The second-order valence-electron chi connectivity index (χ2n) is 4.21. The van der Waals surface area contributed by atoms with Crippen molar-refractivity contribution in [3.8, 4) is 0 Å². The van der Waals surface area contributed by atoms with Gasteiger partial charge in [-0.25, -0.2) is 0 Å². The molecular weight excluding hydrogens is 268 g/mol. The molecule has 0 saturated carbocycles. The molecule has 1 aromatic heterocycles. The molecule has 16 heavy (non-hydrogen) atoms. The number of hydrogen-bond acceptors (Lipinski definition) is 3. The molecule has 1 atom stereocenters. The van der Waals surface area contributed by atoms with Crippen LogP contribution in [-0.4, -0.2) is 22.7 Å². The molecule has 1 unspecified atom stereocenters. The first-order valence-electron chi connectivity index (χ1n) is 5.58. The Kier molecular flexibility index (Phi) is 5.95. The Hall–Kier alpha value is -0.450. The third-order valence-corrected chi connectivity index (χ3v) is 3.05. The van der Waals surface area contributed by atoms with Gasteiger partial charge in [-0.2, -0.15) is 0 Å². The average molecular weight is 287 g/mol. The van der Waals surface area contributed by atoms with E-state index in [2.05, 4.69) is 40.1 Å². The largest absolute Gasteiger partial charge is 0.396 e. The number of nitrogens with one attached hydrogen (secondary N) is 1. The second kappa shape index (κ2) is 6.99. The third kappa shape index (κ3) is 4.60. The molecule has 0 fully saturated rings. The Labute approximate surface area is 105 Å². The zero-order chi connectivity index (χ0) is 12.0. The van der Waals surface area contributed by atoms with Gasteiger partial charge in [0.05, 0.1) is 5.69 Å². The van der Waals surface area contributed by atoms with E-state index in [9.17, 15) is 0 Å². The van der Waals surface area contributed by atoms with E-state index in [0.717, 1.165) is 23.1 Å². The number of halogens is 1. The highest BCUT2D eigenvalue weighted by Crippen LogP contribution is 2.09. The molecule has 0 aliphatic heterocycles. The van der Waals surface area contributed by atoms with Gasteiger partial charge in [-0.3, -0.25) is 4.98 Å². The van der Waals surface area contributed by atoms with E-state index >= 15 is 0 Å². The van der Waals surface area contributed by atoms with Crippen LogP contribution in [0.1, 0.15) is 26.0 Å². The normalized spacial score (nSPS) is 13.1. The minimum absolute atomic E-state index is 0.226. The molecule has 0 bridgehead atoms. The molecular formula is C12H19BrN2O. The van der Waals surface area contributed by atoms with Crippen LogP contribution in [0.25, 0.3) is 0 Å². The number of pyridine rings is 1. The summed E-state index contributed by atoms with van der Waals surface area (Å²) in [5, 5.41) is 12.4. The molecule has 1 aromatic rings. The SMILES string of the molecule is CC(C)C(CCO)NCc1ccc(Br)cn1. The molecule has 0 saturated heterocycles. The monoisotopic (exact) mass is 286 g/mol. The zero-order valence-corrected chi connectivity index (χ0v) is 11.4. The lowest BCUT2D eigenvalue weighted by Gasteiger charge is -2.21. The molecule has 3 nitrogen and oxygen atoms in total. The summed E-state index contributed by atoms with van der Waals surface area (Å²) in [6, 6.07) is 4.32. The lowest BCUT2D eigenvalue weighted by Crippen LogP contribution is -2.34. The number of aliphatic hydroxyl groups is 1. The number of nitrogens with zero attached hydrogens (tertiary/aromatic N) is 1. The van der Waals surface area contributed by atoms with Crippen LogP contribution < -0.4 is 5.32 Å². The van der Waals surface area contributed by atoms with Gasteiger partial charge in [-0.05, 0) is 40.4 Å². The Morgan fingerprint density at radius 2 is 2.19 bits per heavy atom. The van der Waals surface area contributed by atoms with Crippen molar-refractivity contribution in [1.82, 2.24) is 10.3 Å². The topological polar surface area (TPSA) is 45.1 Å². The molecule has 4 heteroatoms. The molecule has 0 aliphatic rings. The predicted molar refractivity (Wildman–Crippen MR) is 69.1 cm³/mol. The summed E-state index contributed by atoms with van der Waals surface area (Å²) in [5.74, 6) is 0.516. The fourth-order valence-corrected chi connectivity index (χ4v) is 1.79. The molecule has 0 amide bonds. The van der Waals surface area contributed by atoms with Crippen LogP contribution in [0.2, 0.25) is 0 Å². The molecule has 0 spiro atoms. The van der Waals surface area contributed by atoms with E-state index in [-0.39, 0.29) is 6.61 Å². The van der Waals surface area contributed by atoms with Crippen molar-refractivity contribution < 1.29 is 5.11 Å². The van der Waals surface area contributed by atoms with Gasteiger partial charge in [0.15, 0.2) is 0 Å². The molecule has 2 N–H and O–H groups in total. The summed E-state index contributed by atoms with van der Waals surface area (Å²) in [5.41, 5.74) is 1.02. The van der Waals surface area contributed by atoms with Crippen molar-refractivity contribution in [2.75, 3.05) is 6.61 Å². The van der Waals surface area contributed by atoms with Crippen LogP contribution in [-0.2, 0) is 6.54 Å². The summed E-state index contributed by atoms with van der Waals surface area (Å²) < 4.78 is 0.993. The van der Waals surface area contributed by atoms with Gasteiger partial charge in [-0.15, -0.1) is 0 Å². The smallest absolute Gasteiger partial charge is 0.0542 e. The first-order chi connectivity index (χ1) is 7.63. The highest BCUT2D eigenvalue weighted by atomic mass is 79.9. The van der Waals surface area contributed by atoms with Crippen LogP contribution in [0.3, 0.4) is 0 Å². The number of hydrogen-bond donors (Lipinski definition) is 2. The van der Waals surface area contributed by atoms with Gasteiger partial charge in [0.1, 0.15) is 0 Å². The van der Waals surface area contributed by atoms with Crippen LogP contribution in [0.4, 0.5) is 0 Å². The summed E-state index contributed by atoms with van der Waals surface area (Å²) in [7, 11) is 0. The van der Waals surface area contributed by atoms with Crippen molar-refractivity contribution >= 4 is 15.9 Å². The van der Waals surface area contributed by atoms with Gasteiger partial charge in [-0.1, -0.05) is 13.8 Å². The number of aliphatic hydroxyl groups excluding tert-OH is 1. The lowest BCUT2D eigenvalue weighted by molar-refractivity contribution is 0.243. The van der Waals surface area contributed by atoms with Gasteiger partial charge in [0.2, 0.25) is 0 Å². The lowest BCUT2D eigenvalue weighted by atomic mass is 10.0. The number of aromatic nitrogens is 1. The van der Waals surface area contributed by atoms with Crippen LogP contribution >= 0.6 is 15.9 Å². The Morgan fingerprint density at radius 1 is 1.44 bits per heavy atom. The molecule has 0 aromatic carbocycles. The second-order valence-corrected chi connectivity index (χ2v) is 5.13. The molecule has 1 rings (SSSR count). The van der Waals surface area contributed by atoms with E-state index in [1.165, 1.54) is 0 Å². The van der Waals surface area contributed by atoms with Crippen LogP contribution in [0.15, 0.2) is 22.8 Å². The van der Waals surface area contributed by atoms with E-state index < -0.39 is 0 Å². The van der Waals surface area contributed by atoms with E-state index in [1.54, 1.807) is 6.20 Å². The first kappa shape index (κ1) is 13.6. The maximum absolute atomic E-state index is 8.96. The van der Waals surface area contributed by atoms with Crippen molar-refractivity contribution in [3.05, 3.63) is 28.5 Å². The summed E-state index contributed by atoms with van der Waals surface area (Å²) in [4.78, 5) is 4.30. The summed E-state index contributed by atoms with van der Waals surface area (Å²) in [6.07, 6.45) is 2.58. The Morgan fingerprint density at radius 3 is 2.69 bits per heavy atom. The summed E-state index contributed by atoms with van der Waals surface area (Å²) >= 11 is 3.36. The standard InChI is InChI=1S/C12H19BrN2O/c1-9(2)12(5-6-16)15-8-11-4-3-10(13)7-14-11/h3-4,7,9,12,15-16H,5-6,8H2,1-2H3. The Balaban J connectivity index is 2.45. The van der Waals surface area contributed by atoms with Gasteiger partial charge in [0.25, 0.3) is 0 Å².